The van der Waals surface area contributed by atoms with Crippen LogP contribution in [0.5, 0.6) is 0 Å². The van der Waals surface area contributed by atoms with Gasteiger partial charge in [-0.15, -0.1) is 0 Å². The first kappa shape index (κ1) is 14.2. The van der Waals surface area contributed by atoms with Crippen LogP contribution in [0.2, 0.25) is 0 Å². The molecule has 0 fully saturated rings. The summed E-state index contributed by atoms with van der Waals surface area (Å²) in [4.78, 5) is 16.3. The van der Waals surface area contributed by atoms with Crippen molar-refractivity contribution in [2.24, 2.45) is 5.73 Å². The molecule has 20 heavy (non-hydrogen) atoms. The predicted molar refractivity (Wildman–Crippen MR) is 80.7 cm³/mol. The summed E-state index contributed by atoms with van der Waals surface area (Å²) in [7, 11) is 0. The van der Waals surface area contributed by atoms with E-state index >= 15 is 0 Å². The normalized spacial score (nSPS) is 10.4. The molecular formula is C16H19N3O. The zero-order valence-corrected chi connectivity index (χ0v) is 12.0. The smallest absolute Gasteiger partial charge is 0.274 e. The van der Waals surface area contributed by atoms with E-state index in [9.17, 15) is 4.79 Å². The van der Waals surface area contributed by atoms with Gasteiger partial charge in [-0.05, 0) is 49.6 Å². The van der Waals surface area contributed by atoms with Crippen LogP contribution in [0.25, 0.3) is 0 Å². The van der Waals surface area contributed by atoms with Crippen LogP contribution in [0.4, 0.5) is 5.69 Å². The van der Waals surface area contributed by atoms with E-state index in [0.717, 1.165) is 22.4 Å². The quantitative estimate of drug-likeness (QED) is 0.900. The number of hydrogen-bond acceptors (Lipinski definition) is 3. The minimum Gasteiger partial charge on any atom is -0.326 e. The number of aromatic nitrogens is 1. The van der Waals surface area contributed by atoms with Gasteiger partial charge in [0.2, 0.25) is 0 Å². The first-order chi connectivity index (χ1) is 9.51. The van der Waals surface area contributed by atoms with Crippen molar-refractivity contribution in [3.8, 4) is 0 Å². The molecular weight excluding hydrogens is 250 g/mol. The summed E-state index contributed by atoms with van der Waals surface area (Å²) in [6.07, 6.45) is 1.60. The number of benzene rings is 1. The Hall–Kier alpha value is -2.20. The van der Waals surface area contributed by atoms with Gasteiger partial charge in [0.25, 0.3) is 5.91 Å². The van der Waals surface area contributed by atoms with Gasteiger partial charge in [-0.25, -0.2) is 0 Å². The van der Waals surface area contributed by atoms with Crippen molar-refractivity contribution < 1.29 is 4.79 Å². The highest BCUT2D eigenvalue weighted by atomic mass is 16.1. The highest BCUT2D eigenvalue weighted by Crippen LogP contribution is 2.22. The third-order valence-electron chi connectivity index (χ3n) is 3.21. The number of amides is 1. The van der Waals surface area contributed by atoms with Gasteiger partial charge in [-0.2, -0.15) is 0 Å². The molecule has 0 saturated carbocycles. The Balaban J connectivity index is 2.28. The zero-order valence-electron chi connectivity index (χ0n) is 12.0. The molecule has 0 atom stereocenters. The second kappa shape index (κ2) is 5.84. The number of anilines is 1. The highest BCUT2D eigenvalue weighted by Gasteiger charge is 2.11. The van der Waals surface area contributed by atoms with Gasteiger partial charge in [-0.3, -0.25) is 9.78 Å². The van der Waals surface area contributed by atoms with Gasteiger partial charge in [0.1, 0.15) is 5.69 Å². The van der Waals surface area contributed by atoms with E-state index < -0.39 is 0 Å². The van der Waals surface area contributed by atoms with E-state index in [1.165, 1.54) is 5.56 Å². The maximum Gasteiger partial charge on any atom is 0.274 e. The monoisotopic (exact) mass is 269 g/mol. The van der Waals surface area contributed by atoms with Crippen LogP contribution < -0.4 is 11.1 Å². The first-order valence-electron chi connectivity index (χ1n) is 6.55. The van der Waals surface area contributed by atoms with Crippen LogP contribution in [0.3, 0.4) is 0 Å². The van der Waals surface area contributed by atoms with Crippen molar-refractivity contribution in [2.75, 3.05) is 5.32 Å². The summed E-state index contributed by atoms with van der Waals surface area (Å²) in [5.74, 6) is -0.213. The molecule has 1 amide bonds. The number of nitrogens with zero attached hydrogens (tertiary/aromatic N) is 1. The molecule has 4 nitrogen and oxygen atoms in total. The number of nitrogens with one attached hydrogen (secondary N) is 1. The van der Waals surface area contributed by atoms with Gasteiger partial charge in [0, 0.05) is 18.4 Å². The largest absolute Gasteiger partial charge is 0.326 e. The fourth-order valence-corrected chi connectivity index (χ4v) is 2.28. The van der Waals surface area contributed by atoms with E-state index in [0.29, 0.717) is 12.2 Å². The lowest BCUT2D eigenvalue weighted by Gasteiger charge is -2.12. The molecule has 0 aliphatic rings. The molecule has 0 saturated heterocycles. The highest BCUT2D eigenvalue weighted by molar-refractivity contribution is 6.03. The van der Waals surface area contributed by atoms with E-state index in [4.69, 9.17) is 5.73 Å². The molecule has 0 bridgehead atoms. The number of carbonyl (C=O) groups excluding carboxylic acids is 1. The Morgan fingerprint density at radius 2 is 1.85 bits per heavy atom. The standard InChI is InChI=1S/C16H19N3O/c1-10-6-11(2)15(12(3)7-10)19-16(20)14-8-13(9-17)4-5-18-14/h4-8H,9,17H2,1-3H3,(H,19,20). The van der Waals surface area contributed by atoms with Crippen LogP contribution in [0.1, 0.15) is 32.7 Å². The third kappa shape index (κ3) is 3.03. The van der Waals surface area contributed by atoms with Crippen LogP contribution in [0.15, 0.2) is 30.5 Å². The van der Waals surface area contributed by atoms with Gasteiger partial charge in [0.15, 0.2) is 0 Å². The van der Waals surface area contributed by atoms with E-state index in [-0.39, 0.29) is 5.91 Å². The molecule has 0 spiro atoms. The Labute approximate surface area is 119 Å². The van der Waals surface area contributed by atoms with Crippen LogP contribution in [0, 0.1) is 20.8 Å². The van der Waals surface area contributed by atoms with Crippen LogP contribution in [-0.4, -0.2) is 10.9 Å². The van der Waals surface area contributed by atoms with Crippen molar-refractivity contribution >= 4 is 11.6 Å². The van der Waals surface area contributed by atoms with E-state index in [1.54, 1.807) is 18.3 Å². The number of carbonyl (C=O) groups is 1. The molecule has 1 aromatic carbocycles. The van der Waals surface area contributed by atoms with Crippen molar-refractivity contribution in [1.29, 1.82) is 0 Å². The predicted octanol–water partition coefficient (Wildman–Crippen LogP) is 2.72. The SMILES string of the molecule is Cc1cc(C)c(NC(=O)c2cc(CN)ccn2)c(C)c1. The average molecular weight is 269 g/mol. The van der Waals surface area contributed by atoms with E-state index in [1.807, 2.05) is 32.9 Å². The molecule has 4 heteroatoms. The molecule has 0 aliphatic carbocycles. The lowest BCUT2D eigenvalue weighted by Crippen LogP contribution is -2.16. The third-order valence-corrected chi connectivity index (χ3v) is 3.21. The fourth-order valence-electron chi connectivity index (χ4n) is 2.28. The first-order valence-corrected chi connectivity index (χ1v) is 6.55. The molecule has 3 N–H and O–H groups in total. The second-order valence-electron chi connectivity index (χ2n) is 4.98. The number of nitrogens with two attached hydrogens (primary N) is 1. The van der Waals surface area contributed by atoms with Crippen molar-refractivity contribution in [2.45, 2.75) is 27.3 Å². The topological polar surface area (TPSA) is 68.0 Å². The zero-order chi connectivity index (χ0) is 14.7. The van der Waals surface area contributed by atoms with Gasteiger partial charge < -0.3 is 11.1 Å². The minimum absolute atomic E-state index is 0.213. The van der Waals surface area contributed by atoms with E-state index in [2.05, 4.69) is 10.3 Å². The van der Waals surface area contributed by atoms with Gasteiger partial charge in [-0.1, -0.05) is 17.7 Å². The fraction of sp³-hybridized carbons (Fsp3) is 0.250. The minimum atomic E-state index is -0.213. The molecule has 0 unspecified atom stereocenters. The summed E-state index contributed by atoms with van der Waals surface area (Å²) in [5.41, 5.74) is 11.0. The molecule has 2 rings (SSSR count). The summed E-state index contributed by atoms with van der Waals surface area (Å²) in [6, 6.07) is 7.62. The van der Waals surface area contributed by atoms with Crippen molar-refractivity contribution in [3.63, 3.8) is 0 Å². The molecule has 1 heterocycles. The number of aryl methyl sites for hydroxylation is 3. The number of hydrogen-bond donors (Lipinski definition) is 2. The lowest BCUT2D eigenvalue weighted by atomic mass is 10.0. The summed E-state index contributed by atoms with van der Waals surface area (Å²) in [5, 5.41) is 2.93. The summed E-state index contributed by atoms with van der Waals surface area (Å²) < 4.78 is 0. The summed E-state index contributed by atoms with van der Waals surface area (Å²) >= 11 is 0. The number of rotatable bonds is 3. The maximum absolute atomic E-state index is 12.3. The van der Waals surface area contributed by atoms with Gasteiger partial charge >= 0.3 is 0 Å². The van der Waals surface area contributed by atoms with Crippen molar-refractivity contribution in [3.05, 3.63) is 58.4 Å². The van der Waals surface area contributed by atoms with Crippen LogP contribution in [-0.2, 0) is 6.54 Å². The van der Waals surface area contributed by atoms with Crippen molar-refractivity contribution in [1.82, 2.24) is 4.98 Å². The molecule has 2 aromatic rings. The molecule has 0 radical (unpaired) electrons. The number of pyridine rings is 1. The molecule has 104 valence electrons. The maximum atomic E-state index is 12.3. The molecule has 0 aliphatic heterocycles. The average Bonchev–Trinajstić information content (AvgIpc) is 2.42. The lowest BCUT2D eigenvalue weighted by molar-refractivity contribution is 0.102. The van der Waals surface area contributed by atoms with Crippen LogP contribution >= 0.6 is 0 Å². The summed E-state index contributed by atoms with van der Waals surface area (Å²) in [6.45, 7) is 6.40. The second-order valence-corrected chi connectivity index (χ2v) is 4.98. The van der Waals surface area contributed by atoms with Gasteiger partial charge in [0.05, 0.1) is 0 Å². The Morgan fingerprint density at radius 3 is 2.45 bits per heavy atom. The Kier molecular flexibility index (Phi) is 4.15. The Bertz CT molecular complexity index is 627. The molecule has 1 aromatic heterocycles. The Morgan fingerprint density at radius 1 is 1.20 bits per heavy atom.